The highest BCUT2D eigenvalue weighted by molar-refractivity contribution is 7.91. The van der Waals surface area contributed by atoms with Crippen LogP contribution in [0.3, 0.4) is 0 Å². The molecule has 0 radical (unpaired) electrons. The molecule has 1 saturated heterocycles. The summed E-state index contributed by atoms with van der Waals surface area (Å²) < 4.78 is 40.0. The van der Waals surface area contributed by atoms with Crippen molar-refractivity contribution in [3.05, 3.63) is 70.4 Å². The van der Waals surface area contributed by atoms with E-state index in [4.69, 9.17) is 21.1 Å². The first-order chi connectivity index (χ1) is 18.2. The summed E-state index contributed by atoms with van der Waals surface area (Å²) in [6, 6.07) is 15.4. The number of aromatic nitrogens is 1. The van der Waals surface area contributed by atoms with Crippen molar-refractivity contribution >= 4 is 44.0 Å². The van der Waals surface area contributed by atoms with Gasteiger partial charge >= 0.3 is 0 Å². The first-order valence-corrected chi connectivity index (χ1v) is 14.8. The van der Waals surface area contributed by atoms with Gasteiger partial charge in [-0.15, -0.1) is 0 Å². The van der Waals surface area contributed by atoms with Crippen LogP contribution in [0.5, 0.6) is 5.75 Å². The average Bonchev–Trinajstić information content (AvgIpc) is 3.27. The topological polar surface area (TPSA) is 101 Å². The molecule has 1 fully saturated rings. The van der Waals surface area contributed by atoms with Crippen molar-refractivity contribution in [1.29, 1.82) is 0 Å². The number of methoxy groups -OCH3 is 1. The number of carbonyl (C=O) groups is 1. The summed E-state index contributed by atoms with van der Waals surface area (Å²) in [5.41, 5.74) is 2.38. The van der Waals surface area contributed by atoms with Crippen molar-refractivity contribution in [2.75, 3.05) is 45.2 Å². The Labute approximate surface area is 232 Å². The minimum Gasteiger partial charge on any atom is -0.497 e. The molecule has 1 aliphatic heterocycles. The number of aryl methyl sites for hydroxylation is 1. The van der Waals surface area contributed by atoms with Crippen LogP contribution in [0.25, 0.3) is 0 Å². The predicted molar refractivity (Wildman–Crippen MR) is 148 cm³/mol. The molecular weight excluding hydrogens is 548 g/mol. The van der Waals surface area contributed by atoms with E-state index in [1.807, 2.05) is 48.5 Å². The fourth-order valence-corrected chi connectivity index (χ4v) is 7.36. The van der Waals surface area contributed by atoms with E-state index in [0.29, 0.717) is 50.0 Å². The van der Waals surface area contributed by atoms with Gasteiger partial charge in [0.05, 0.1) is 25.5 Å². The number of sulfonamides is 1. The van der Waals surface area contributed by atoms with E-state index in [1.54, 1.807) is 14.0 Å². The number of thiazole rings is 1. The van der Waals surface area contributed by atoms with Gasteiger partial charge in [-0.05, 0) is 42.3 Å². The SMILES string of the molecule is COc1cccc(CO[C@H](CN2CCN(S(=O)(=O)c3sc(NC(C)=O)nc3C)CC2)c2ccc(Cl)cc2)c1. The second-order valence-corrected chi connectivity index (χ2v) is 12.5. The number of ether oxygens (including phenoxy) is 2. The number of carbonyl (C=O) groups excluding carboxylic acids is 1. The van der Waals surface area contributed by atoms with E-state index >= 15 is 0 Å². The zero-order valence-corrected chi connectivity index (χ0v) is 23.9. The number of nitrogens with zero attached hydrogens (tertiary/aromatic N) is 3. The van der Waals surface area contributed by atoms with Gasteiger partial charge in [0.25, 0.3) is 10.0 Å². The van der Waals surface area contributed by atoms with E-state index in [-0.39, 0.29) is 21.4 Å². The van der Waals surface area contributed by atoms with Gasteiger partial charge in [0.15, 0.2) is 9.34 Å². The van der Waals surface area contributed by atoms with Crippen molar-refractivity contribution in [1.82, 2.24) is 14.2 Å². The first kappa shape index (κ1) is 28.5. The summed E-state index contributed by atoms with van der Waals surface area (Å²) in [6.45, 7) is 5.82. The number of hydrogen-bond donors (Lipinski definition) is 1. The predicted octanol–water partition coefficient (Wildman–Crippen LogP) is 4.34. The van der Waals surface area contributed by atoms with Crippen LogP contribution in [0, 0.1) is 6.92 Å². The van der Waals surface area contributed by atoms with Crippen LogP contribution in [0.1, 0.15) is 29.8 Å². The molecule has 4 rings (SSSR count). The normalized spacial score (nSPS) is 15.8. The molecule has 12 heteroatoms. The summed E-state index contributed by atoms with van der Waals surface area (Å²) in [5.74, 6) is 0.479. The Morgan fingerprint density at radius 2 is 1.87 bits per heavy atom. The lowest BCUT2D eigenvalue weighted by Gasteiger charge is -2.35. The Bertz CT molecular complexity index is 1360. The van der Waals surface area contributed by atoms with Crippen LogP contribution in [0.15, 0.2) is 52.7 Å². The molecule has 204 valence electrons. The number of halogens is 1. The smallest absolute Gasteiger partial charge is 0.254 e. The number of benzene rings is 2. The largest absolute Gasteiger partial charge is 0.497 e. The number of amides is 1. The molecule has 1 aliphatic rings. The fourth-order valence-electron chi connectivity index (χ4n) is 4.22. The summed E-state index contributed by atoms with van der Waals surface area (Å²) in [5, 5.41) is 3.50. The molecule has 0 saturated carbocycles. The van der Waals surface area contributed by atoms with Crippen molar-refractivity contribution in [2.24, 2.45) is 0 Å². The Morgan fingerprint density at radius 3 is 2.53 bits per heavy atom. The van der Waals surface area contributed by atoms with Gasteiger partial charge in [-0.3, -0.25) is 9.69 Å². The molecule has 2 heterocycles. The van der Waals surface area contributed by atoms with Gasteiger partial charge in [-0.1, -0.05) is 47.2 Å². The third kappa shape index (κ3) is 7.10. The van der Waals surface area contributed by atoms with Crippen LogP contribution in [-0.4, -0.2) is 68.3 Å². The molecular formula is C26H31ClN4O5S2. The third-order valence-electron chi connectivity index (χ3n) is 6.19. The van der Waals surface area contributed by atoms with Crippen LogP contribution < -0.4 is 10.1 Å². The Morgan fingerprint density at radius 1 is 1.16 bits per heavy atom. The zero-order chi connectivity index (χ0) is 27.3. The van der Waals surface area contributed by atoms with E-state index < -0.39 is 10.0 Å². The van der Waals surface area contributed by atoms with Gasteiger partial charge in [0.2, 0.25) is 5.91 Å². The summed E-state index contributed by atoms with van der Waals surface area (Å²) in [4.78, 5) is 17.8. The number of nitrogens with one attached hydrogen (secondary N) is 1. The van der Waals surface area contributed by atoms with Gasteiger partial charge in [0, 0.05) is 44.7 Å². The maximum Gasteiger partial charge on any atom is 0.254 e. The van der Waals surface area contributed by atoms with Gasteiger partial charge in [-0.25, -0.2) is 13.4 Å². The van der Waals surface area contributed by atoms with Crippen molar-refractivity contribution in [3.8, 4) is 5.75 Å². The third-order valence-corrected chi connectivity index (χ3v) is 10.0. The average molecular weight is 579 g/mol. The first-order valence-electron chi connectivity index (χ1n) is 12.1. The molecule has 0 spiro atoms. The molecule has 2 aromatic carbocycles. The maximum atomic E-state index is 13.3. The van der Waals surface area contributed by atoms with Gasteiger partial charge in [0.1, 0.15) is 5.75 Å². The number of hydrogen-bond acceptors (Lipinski definition) is 8. The lowest BCUT2D eigenvalue weighted by atomic mass is 10.1. The molecule has 38 heavy (non-hydrogen) atoms. The quantitative estimate of drug-likeness (QED) is 0.382. The second kappa shape index (κ2) is 12.5. The highest BCUT2D eigenvalue weighted by Crippen LogP contribution is 2.31. The van der Waals surface area contributed by atoms with Crippen LogP contribution in [0.2, 0.25) is 5.02 Å². The van der Waals surface area contributed by atoms with Crippen molar-refractivity contribution in [2.45, 2.75) is 30.8 Å². The highest BCUT2D eigenvalue weighted by Gasteiger charge is 2.33. The molecule has 1 atom stereocenters. The molecule has 9 nitrogen and oxygen atoms in total. The summed E-state index contributed by atoms with van der Waals surface area (Å²) >= 11 is 7.09. The van der Waals surface area contributed by atoms with Crippen LogP contribution >= 0.6 is 22.9 Å². The monoisotopic (exact) mass is 578 g/mol. The summed E-state index contributed by atoms with van der Waals surface area (Å²) in [7, 11) is -2.08. The minimum atomic E-state index is -3.72. The van der Waals surface area contributed by atoms with Crippen LogP contribution in [0.4, 0.5) is 5.13 Å². The molecule has 1 aromatic heterocycles. The number of anilines is 1. The van der Waals surface area contributed by atoms with E-state index in [1.165, 1.54) is 11.2 Å². The van der Waals surface area contributed by atoms with E-state index in [2.05, 4.69) is 15.2 Å². The Kier molecular flexibility index (Phi) is 9.40. The van der Waals surface area contributed by atoms with Gasteiger partial charge < -0.3 is 14.8 Å². The molecule has 0 unspecified atom stereocenters. The molecule has 3 aromatic rings. The van der Waals surface area contributed by atoms with Crippen molar-refractivity contribution in [3.63, 3.8) is 0 Å². The van der Waals surface area contributed by atoms with Gasteiger partial charge in [-0.2, -0.15) is 4.31 Å². The zero-order valence-electron chi connectivity index (χ0n) is 21.5. The summed E-state index contributed by atoms with van der Waals surface area (Å²) in [6.07, 6.45) is -0.231. The van der Waals surface area contributed by atoms with Crippen molar-refractivity contribution < 1.29 is 22.7 Å². The lowest BCUT2D eigenvalue weighted by Crippen LogP contribution is -2.49. The molecule has 0 aliphatic carbocycles. The van der Waals surface area contributed by atoms with E-state index in [9.17, 15) is 13.2 Å². The number of rotatable bonds is 10. The number of piperazine rings is 1. The molecule has 1 N–H and O–H groups in total. The second-order valence-electron chi connectivity index (χ2n) is 8.98. The maximum absolute atomic E-state index is 13.3. The minimum absolute atomic E-state index is 0.162. The lowest BCUT2D eigenvalue weighted by molar-refractivity contribution is -0.114. The molecule has 0 bridgehead atoms. The van der Waals surface area contributed by atoms with Crippen LogP contribution in [-0.2, 0) is 26.2 Å². The Balaban J connectivity index is 1.42. The molecule has 1 amide bonds. The Hall–Kier alpha value is -2.54. The van der Waals surface area contributed by atoms with E-state index in [0.717, 1.165) is 28.2 Å². The highest BCUT2D eigenvalue weighted by atomic mass is 35.5. The fraction of sp³-hybridized carbons (Fsp3) is 0.385. The standard InChI is InChI=1S/C26H31ClN4O5S2/c1-18-25(37-26(28-18)29-19(2)32)38(33,34)31-13-11-30(12-14-31)16-24(21-7-9-22(27)10-8-21)36-17-20-5-4-6-23(15-20)35-3/h4-10,15,24H,11-14,16-17H2,1-3H3,(H,28,29,32)/t24-/m1/s1.